The molecule has 0 amide bonds. The van der Waals surface area contributed by atoms with E-state index >= 15 is 0 Å². The van der Waals surface area contributed by atoms with Gasteiger partial charge in [-0.3, -0.25) is 9.59 Å². The third kappa shape index (κ3) is 28.9. The average Bonchev–Trinajstić information content (AvgIpc) is 2.54. The number of aliphatic carboxylic acids is 2. The van der Waals surface area contributed by atoms with Gasteiger partial charge < -0.3 is 30.6 Å². The van der Waals surface area contributed by atoms with E-state index in [1.165, 1.54) is 0 Å². The van der Waals surface area contributed by atoms with E-state index in [4.69, 9.17) is 30.6 Å². The van der Waals surface area contributed by atoms with Crippen molar-refractivity contribution in [1.82, 2.24) is 0 Å². The van der Waals surface area contributed by atoms with Crippen molar-refractivity contribution in [2.75, 3.05) is 13.2 Å². The summed E-state index contributed by atoms with van der Waals surface area (Å²) in [6.45, 7) is 3.06. The van der Waals surface area contributed by atoms with Crippen LogP contribution in [0.15, 0.2) is 0 Å². The summed E-state index contributed by atoms with van der Waals surface area (Å²) < 4.78 is 0. The van der Waals surface area contributed by atoms with Crippen molar-refractivity contribution < 1.29 is 40.2 Å². The quantitative estimate of drug-likeness (QED) is 0.300. The molecule has 0 fully saturated rings. The van der Waals surface area contributed by atoms with Crippen molar-refractivity contribution in [1.29, 1.82) is 0 Å². The van der Waals surface area contributed by atoms with Crippen LogP contribution in [-0.4, -0.2) is 68.0 Å². The summed E-state index contributed by atoms with van der Waals surface area (Å²) in [6.07, 6.45) is 4.11. The van der Waals surface area contributed by atoms with E-state index in [9.17, 15) is 9.59 Å². The van der Waals surface area contributed by atoms with Crippen LogP contribution in [0.25, 0.3) is 0 Å². The van der Waals surface area contributed by atoms with Crippen LogP contribution in [0.4, 0.5) is 0 Å². The minimum absolute atomic E-state index is 0.327. The molecule has 6 N–H and O–H groups in total. The zero-order valence-electron chi connectivity index (χ0n) is 14.7. The van der Waals surface area contributed by atoms with Crippen molar-refractivity contribution in [2.45, 2.75) is 77.4 Å². The number of carbonyl (C=O) groups is 2. The van der Waals surface area contributed by atoms with E-state index in [-0.39, 0.29) is 0 Å². The van der Waals surface area contributed by atoms with Crippen LogP contribution in [0.3, 0.4) is 0 Å². The maximum absolute atomic E-state index is 9.87. The molecule has 2 atom stereocenters. The molecule has 0 heterocycles. The summed E-state index contributed by atoms with van der Waals surface area (Å²) in [5, 5.41) is 49.4. The van der Waals surface area contributed by atoms with Gasteiger partial charge in [-0.2, -0.15) is 0 Å². The number of aliphatic hydroxyl groups excluding tert-OH is 4. The molecule has 0 bridgehead atoms. The summed E-state index contributed by atoms with van der Waals surface area (Å²) in [6, 6.07) is 0. The molecule has 0 spiro atoms. The van der Waals surface area contributed by atoms with Gasteiger partial charge in [0.25, 0.3) is 0 Å². The summed E-state index contributed by atoms with van der Waals surface area (Å²) in [5.41, 5.74) is 0. The van der Waals surface area contributed by atoms with E-state index in [0.717, 1.165) is 38.5 Å². The van der Waals surface area contributed by atoms with Gasteiger partial charge in [-0.25, -0.2) is 0 Å². The lowest BCUT2D eigenvalue weighted by molar-refractivity contribution is -0.138. The molecule has 0 aliphatic heterocycles. The van der Waals surface area contributed by atoms with Crippen molar-refractivity contribution >= 4 is 11.9 Å². The van der Waals surface area contributed by atoms with Crippen LogP contribution in [0, 0.1) is 0 Å². The second-order valence-electron chi connectivity index (χ2n) is 5.20. The second kappa shape index (κ2) is 21.8. The van der Waals surface area contributed by atoms with Gasteiger partial charge in [-0.1, -0.05) is 39.5 Å². The molecular formula is C16H34O8. The Kier molecular flexibility index (Phi) is 25.1. The summed E-state index contributed by atoms with van der Waals surface area (Å²) in [7, 11) is 0. The molecule has 24 heavy (non-hydrogen) atoms. The predicted molar refractivity (Wildman–Crippen MR) is 89.7 cm³/mol. The maximum Gasteiger partial charge on any atom is 0.303 e. The van der Waals surface area contributed by atoms with Crippen LogP contribution in [0.5, 0.6) is 0 Å². The number of aliphatic hydroxyl groups is 4. The van der Waals surface area contributed by atoms with Crippen LogP contribution in [0.2, 0.25) is 0 Å². The number of carboxylic acid groups (broad SMARTS) is 2. The molecule has 0 rings (SSSR count). The first kappa shape index (κ1) is 27.6. The van der Waals surface area contributed by atoms with E-state index < -0.39 is 37.4 Å². The van der Waals surface area contributed by atoms with Gasteiger partial charge in [0.2, 0.25) is 0 Å². The Morgan fingerprint density at radius 3 is 1.17 bits per heavy atom. The molecule has 146 valence electrons. The highest BCUT2D eigenvalue weighted by molar-refractivity contribution is 5.66. The molecule has 0 aromatic heterocycles. The molecule has 8 heteroatoms. The summed E-state index contributed by atoms with van der Waals surface area (Å²) >= 11 is 0. The normalized spacial score (nSPS) is 12.1. The topological polar surface area (TPSA) is 156 Å². The molecule has 0 saturated heterocycles. The minimum Gasteiger partial charge on any atom is -0.481 e. The average molecular weight is 354 g/mol. The highest BCUT2D eigenvalue weighted by Crippen LogP contribution is 1.97. The molecule has 0 aromatic rings. The van der Waals surface area contributed by atoms with Crippen LogP contribution in [0.1, 0.15) is 65.2 Å². The third-order valence-electron chi connectivity index (χ3n) is 2.81. The zero-order valence-corrected chi connectivity index (χ0v) is 14.7. The Morgan fingerprint density at radius 2 is 1.00 bits per heavy atom. The third-order valence-corrected chi connectivity index (χ3v) is 2.81. The number of carboxylic acids is 2. The molecule has 8 nitrogen and oxygen atoms in total. The largest absolute Gasteiger partial charge is 0.481 e. The van der Waals surface area contributed by atoms with Gasteiger partial charge >= 0.3 is 11.9 Å². The van der Waals surface area contributed by atoms with Crippen LogP contribution >= 0.6 is 0 Å². The highest BCUT2D eigenvalue weighted by atomic mass is 16.4. The van der Waals surface area contributed by atoms with Crippen molar-refractivity contribution in [2.24, 2.45) is 0 Å². The molecule has 0 aromatic carbocycles. The summed E-state index contributed by atoms with van der Waals surface area (Å²) in [5.74, 6) is -1.36. The fourth-order valence-corrected chi connectivity index (χ4v) is 1.30. The first-order chi connectivity index (χ1) is 11.3. The highest BCUT2D eigenvalue weighted by Gasteiger charge is 2.12. The monoisotopic (exact) mass is 354 g/mol. The Bertz CT molecular complexity index is 255. The number of hydrogen-bond acceptors (Lipinski definition) is 6. The minimum atomic E-state index is -1.22. The van der Waals surface area contributed by atoms with Crippen LogP contribution in [-0.2, 0) is 9.59 Å². The molecule has 0 radical (unpaired) electrons. The molecule has 0 saturated carbocycles. The first-order valence-electron chi connectivity index (χ1n) is 8.28. The first-order valence-corrected chi connectivity index (χ1v) is 8.28. The van der Waals surface area contributed by atoms with Gasteiger partial charge in [0.15, 0.2) is 0 Å². The standard InChI is InChI=1S/2C6H12O2.C4H10O4/c2*1-2-3-4-5-6(7)8;5-1-3(7)4(8)2-6/h2*2-5H2,1H3,(H,7,8);3-8H,1-2H2/t;;3-,4+. The van der Waals surface area contributed by atoms with E-state index in [1.54, 1.807) is 0 Å². The smallest absolute Gasteiger partial charge is 0.303 e. The Hall–Kier alpha value is -1.22. The van der Waals surface area contributed by atoms with Gasteiger partial charge in [0, 0.05) is 12.8 Å². The molecular weight excluding hydrogens is 320 g/mol. The van der Waals surface area contributed by atoms with Gasteiger partial charge in [-0.15, -0.1) is 0 Å². The Morgan fingerprint density at radius 1 is 0.708 bits per heavy atom. The van der Waals surface area contributed by atoms with Gasteiger partial charge in [0.1, 0.15) is 12.2 Å². The van der Waals surface area contributed by atoms with Crippen molar-refractivity contribution in [3.8, 4) is 0 Å². The van der Waals surface area contributed by atoms with E-state index in [1.807, 2.05) is 0 Å². The fourth-order valence-electron chi connectivity index (χ4n) is 1.30. The fraction of sp³-hybridized carbons (Fsp3) is 0.875. The molecule has 0 aliphatic carbocycles. The van der Waals surface area contributed by atoms with Crippen molar-refractivity contribution in [3.63, 3.8) is 0 Å². The number of rotatable bonds is 11. The Balaban J connectivity index is -0.000000276. The number of unbranched alkanes of at least 4 members (excludes halogenated alkanes) is 4. The van der Waals surface area contributed by atoms with Crippen LogP contribution < -0.4 is 0 Å². The van der Waals surface area contributed by atoms with E-state index in [0.29, 0.717) is 12.8 Å². The SMILES string of the molecule is CCCCCC(=O)O.CCCCCC(=O)O.OC[C@@H](O)[C@@H](O)CO. The van der Waals surface area contributed by atoms with E-state index in [2.05, 4.69) is 13.8 Å². The number of hydrogen-bond donors (Lipinski definition) is 6. The lowest BCUT2D eigenvalue weighted by Crippen LogP contribution is -2.31. The summed E-state index contributed by atoms with van der Waals surface area (Å²) in [4.78, 5) is 19.7. The zero-order chi connectivity index (χ0) is 19.4. The maximum atomic E-state index is 9.87. The Labute approximate surface area is 143 Å². The van der Waals surface area contributed by atoms with Gasteiger partial charge in [0.05, 0.1) is 13.2 Å². The lowest BCUT2D eigenvalue weighted by Gasteiger charge is -2.10. The second-order valence-corrected chi connectivity index (χ2v) is 5.20. The van der Waals surface area contributed by atoms with Gasteiger partial charge in [-0.05, 0) is 12.8 Å². The lowest BCUT2D eigenvalue weighted by atomic mass is 10.2. The van der Waals surface area contributed by atoms with Crippen molar-refractivity contribution in [3.05, 3.63) is 0 Å². The molecule has 0 aliphatic rings. The predicted octanol–water partition coefficient (Wildman–Crippen LogP) is 0.995. The molecule has 0 unspecified atom stereocenters.